The molecule has 1 aromatic carbocycles. The van der Waals surface area contributed by atoms with Gasteiger partial charge in [-0.05, 0) is 49.9 Å². The molecule has 0 aliphatic carbocycles. The smallest absolute Gasteiger partial charge is 0.119 e. The molecule has 0 radical (unpaired) electrons. The number of anilines is 1. The minimum atomic E-state index is 0.723. The van der Waals surface area contributed by atoms with Crippen molar-refractivity contribution in [3.05, 3.63) is 24.3 Å². The number of rotatable bonds is 7. The zero-order chi connectivity index (χ0) is 11.8. The van der Waals surface area contributed by atoms with Crippen LogP contribution >= 0.6 is 0 Å². The van der Waals surface area contributed by atoms with Crippen LogP contribution in [0.25, 0.3) is 0 Å². The van der Waals surface area contributed by atoms with Crippen molar-refractivity contribution in [3.8, 4) is 5.75 Å². The first-order valence-corrected chi connectivity index (χ1v) is 6.19. The average Bonchev–Trinajstić information content (AvgIpc) is 2.27. The molecule has 0 saturated carbocycles. The molecule has 0 aliphatic rings. The fourth-order valence-corrected chi connectivity index (χ4v) is 1.58. The SMILES string of the molecule is CCOc1ccc(NCCCC(C)C)cc1. The normalized spacial score (nSPS) is 10.5. The van der Waals surface area contributed by atoms with Gasteiger partial charge in [0.1, 0.15) is 5.75 Å². The number of hydrogen-bond donors (Lipinski definition) is 1. The van der Waals surface area contributed by atoms with Gasteiger partial charge in [0.25, 0.3) is 0 Å². The highest BCUT2D eigenvalue weighted by Gasteiger charge is 1.96. The van der Waals surface area contributed by atoms with Gasteiger partial charge in [0.2, 0.25) is 0 Å². The summed E-state index contributed by atoms with van der Waals surface area (Å²) < 4.78 is 5.39. The maximum absolute atomic E-state index is 5.39. The molecule has 0 bridgehead atoms. The highest BCUT2D eigenvalue weighted by atomic mass is 16.5. The maximum Gasteiger partial charge on any atom is 0.119 e. The van der Waals surface area contributed by atoms with Gasteiger partial charge in [-0.25, -0.2) is 0 Å². The number of benzene rings is 1. The van der Waals surface area contributed by atoms with Crippen molar-refractivity contribution >= 4 is 5.69 Å². The molecular formula is C14H23NO. The van der Waals surface area contributed by atoms with Crippen molar-refractivity contribution in [3.63, 3.8) is 0 Å². The highest BCUT2D eigenvalue weighted by molar-refractivity contribution is 5.46. The fraction of sp³-hybridized carbons (Fsp3) is 0.571. The second-order valence-electron chi connectivity index (χ2n) is 4.42. The summed E-state index contributed by atoms with van der Waals surface area (Å²) >= 11 is 0. The third-order valence-electron chi connectivity index (χ3n) is 2.45. The topological polar surface area (TPSA) is 21.3 Å². The zero-order valence-corrected chi connectivity index (χ0v) is 10.6. The Bertz CT molecular complexity index is 279. The largest absolute Gasteiger partial charge is 0.494 e. The summed E-state index contributed by atoms with van der Waals surface area (Å²) in [6.07, 6.45) is 2.51. The Balaban J connectivity index is 2.26. The number of nitrogens with one attached hydrogen (secondary N) is 1. The molecule has 0 aromatic heterocycles. The molecule has 90 valence electrons. The van der Waals surface area contributed by atoms with Crippen LogP contribution in [0.3, 0.4) is 0 Å². The van der Waals surface area contributed by atoms with Crippen LogP contribution in [0.15, 0.2) is 24.3 Å². The van der Waals surface area contributed by atoms with E-state index in [-0.39, 0.29) is 0 Å². The van der Waals surface area contributed by atoms with E-state index in [1.54, 1.807) is 0 Å². The predicted octanol–water partition coefficient (Wildman–Crippen LogP) is 3.93. The van der Waals surface area contributed by atoms with Crippen molar-refractivity contribution < 1.29 is 4.74 Å². The molecule has 0 fully saturated rings. The van der Waals surface area contributed by atoms with E-state index in [1.165, 1.54) is 18.5 Å². The maximum atomic E-state index is 5.39. The van der Waals surface area contributed by atoms with E-state index in [0.717, 1.165) is 24.8 Å². The molecule has 0 heterocycles. The van der Waals surface area contributed by atoms with Gasteiger partial charge in [0.05, 0.1) is 6.61 Å². The molecule has 1 N–H and O–H groups in total. The molecule has 0 unspecified atom stereocenters. The Morgan fingerprint density at radius 3 is 2.44 bits per heavy atom. The minimum absolute atomic E-state index is 0.723. The quantitative estimate of drug-likeness (QED) is 0.704. The average molecular weight is 221 g/mol. The van der Waals surface area contributed by atoms with E-state index in [0.29, 0.717) is 0 Å². The third kappa shape index (κ3) is 5.06. The molecule has 1 aromatic rings. The molecule has 1 rings (SSSR count). The Morgan fingerprint density at radius 1 is 1.19 bits per heavy atom. The second-order valence-corrected chi connectivity index (χ2v) is 4.42. The van der Waals surface area contributed by atoms with Gasteiger partial charge in [0, 0.05) is 12.2 Å². The van der Waals surface area contributed by atoms with Crippen molar-refractivity contribution in [2.75, 3.05) is 18.5 Å². The molecule has 2 heteroatoms. The van der Waals surface area contributed by atoms with E-state index in [9.17, 15) is 0 Å². The predicted molar refractivity (Wildman–Crippen MR) is 70.2 cm³/mol. The summed E-state index contributed by atoms with van der Waals surface area (Å²) in [5.74, 6) is 1.73. The van der Waals surface area contributed by atoms with Crippen LogP contribution in [0.1, 0.15) is 33.6 Å². The van der Waals surface area contributed by atoms with Crippen LogP contribution in [0.2, 0.25) is 0 Å². The standard InChI is InChI=1S/C14H23NO/c1-4-16-14-9-7-13(8-10-14)15-11-5-6-12(2)3/h7-10,12,15H,4-6,11H2,1-3H3. The fourth-order valence-electron chi connectivity index (χ4n) is 1.58. The van der Waals surface area contributed by atoms with Gasteiger partial charge in [-0.3, -0.25) is 0 Å². The summed E-state index contributed by atoms with van der Waals surface area (Å²) in [5.41, 5.74) is 1.17. The van der Waals surface area contributed by atoms with Gasteiger partial charge >= 0.3 is 0 Å². The molecule has 0 aliphatic heterocycles. The minimum Gasteiger partial charge on any atom is -0.494 e. The first-order valence-electron chi connectivity index (χ1n) is 6.19. The van der Waals surface area contributed by atoms with Crippen LogP contribution in [-0.2, 0) is 0 Å². The van der Waals surface area contributed by atoms with E-state index < -0.39 is 0 Å². The Hall–Kier alpha value is -1.18. The van der Waals surface area contributed by atoms with Crippen molar-refractivity contribution in [2.24, 2.45) is 5.92 Å². The number of ether oxygens (including phenoxy) is 1. The molecule has 0 spiro atoms. The molecular weight excluding hydrogens is 198 g/mol. The lowest BCUT2D eigenvalue weighted by Gasteiger charge is -2.09. The lowest BCUT2D eigenvalue weighted by atomic mass is 10.1. The van der Waals surface area contributed by atoms with Gasteiger partial charge in [-0.1, -0.05) is 13.8 Å². The van der Waals surface area contributed by atoms with Crippen LogP contribution in [0.4, 0.5) is 5.69 Å². The first-order chi connectivity index (χ1) is 7.72. The van der Waals surface area contributed by atoms with E-state index in [2.05, 4.69) is 31.3 Å². The van der Waals surface area contributed by atoms with Crippen LogP contribution in [-0.4, -0.2) is 13.2 Å². The molecule has 16 heavy (non-hydrogen) atoms. The Labute approximate surface area is 99.0 Å². The number of hydrogen-bond acceptors (Lipinski definition) is 2. The van der Waals surface area contributed by atoms with Crippen LogP contribution in [0.5, 0.6) is 5.75 Å². The van der Waals surface area contributed by atoms with Crippen LogP contribution in [0, 0.1) is 5.92 Å². The third-order valence-corrected chi connectivity index (χ3v) is 2.45. The molecule has 2 nitrogen and oxygen atoms in total. The van der Waals surface area contributed by atoms with Gasteiger partial charge in [-0.15, -0.1) is 0 Å². The van der Waals surface area contributed by atoms with Crippen molar-refractivity contribution in [1.82, 2.24) is 0 Å². The molecule has 0 saturated heterocycles. The summed E-state index contributed by atoms with van der Waals surface area (Å²) in [6, 6.07) is 8.16. The van der Waals surface area contributed by atoms with Gasteiger partial charge < -0.3 is 10.1 Å². The van der Waals surface area contributed by atoms with Gasteiger partial charge in [0.15, 0.2) is 0 Å². The van der Waals surface area contributed by atoms with Gasteiger partial charge in [-0.2, -0.15) is 0 Å². The summed E-state index contributed by atoms with van der Waals surface area (Å²) in [5, 5.41) is 3.41. The van der Waals surface area contributed by atoms with Crippen LogP contribution < -0.4 is 10.1 Å². The monoisotopic (exact) mass is 221 g/mol. The summed E-state index contributed by atoms with van der Waals surface area (Å²) in [7, 11) is 0. The Morgan fingerprint density at radius 2 is 1.88 bits per heavy atom. The van der Waals surface area contributed by atoms with Crippen molar-refractivity contribution in [1.29, 1.82) is 0 Å². The molecule has 0 amide bonds. The Kier molecular flexibility index (Phi) is 5.76. The van der Waals surface area contributed by atoms with E-state index in [4.69, 9.17) is 4.74 Å². The van der Waals surface area contributed by atoms with E-state index in [1.807, 2.05) is 19.1 Å². The lowest BCUT2D eigenvalue weighted by Crippen LogP contribution is -2.02. The highest BCUT2D eigenvalue weighted by Crippen LogP contribution is 2.15. The summed E-state index contributed by atoms with van der Waals surface area (Å²) in [4.78, 5) is 0. The van der Waals surface area contributed by atoms with E-state index >= 15 is 0 Å². The molecule has 0 atom stereocenters. The zero-order valence-electron chi connectivity index (χ0n) is 10.6. The lowest BCUT2D eigenvalue weighted by molar-refractivity contribution is 0.340. The second kappa shape index (κ2) is 7.15. The summed E-state index contributed by atoms with van der Waals surface area (Å²) in [6.45, 7) is 8.29. The first kappa shape index (κ1) is 12.9. The van der Waals surface area contributed by atoms with Crippen molar-refractivity contribution in [2.45, 2.75) is 33.6 Å².